The first-order chi connectivity index (χ1) is 9.74. The number of hydrogen-bond donors (Lipinski definition) is 2. The van der Waals surface area contributed by atoms with Crippen molar-refractivity contribution in [1.29, 1.82) is 0 Å². The number of nitrogens with one attached hydrogen (secondary N) is 1. The summed E-state index contributed by atoms with van der Waals surface area (Å²) in [6.07, 6.45) is 4.80. The quantitative estimate of drug-likeness (QED) is 0.869. The standard InChI is InChI=1S/C16H21NO3/c18-14-5-3-4-11-7-8-12(10-13(11)14)20-15-6-1-2-9-17-16(15)19/h7-8,10,14-15,18H,1-6,9H2,(H,17,19)/t14-,15?/m0/s1. The summed E-state index contributed by atoms with van der Waals surface area (Å²) in [5.74, 6) is 0.660. The fourth-order valence-electron chi connectivity index (χ4n) is 3.01. The number of fused-ring (bicyclic) bond motifs is 1. The third-order valence-electron chi connectivity index (χ3n) is 4.16. The summed E-state index contributed by atoms with van der Waals surface area (Å²) in [4.78, 5) is 11.9. The fourth-order valence-corrected chi connectivity index (χ4v) is 3.01. The molecule has 1 aromatic rings. The van der Waals surface area contributed by atoms with E-state index in [0.29, 0.717) is 5.75 Å². The lowest BCUT2D eigenvalue weighted by atomic mass is 9.89. The predicted octanol–water partition coefficient (Wildman–Crippen LogP) is 2.10. The van der Waals surface area contributed by atoms with Crippen LogP contribution < -0.4 is 10.1 Å². The molecule has 20 heavy (non-hydrogen) atoms. The van der Waals surface area contributed by atoms with Gasteiger partial charge in [-0.2, -0.15) is 0 Å². The van der Waals surface area contributed by atoms with Crippen LogP contribution in [0, 0.1) is 0 Å². The van der Waals surface area contributed by atoms with E-state index in [2.05, 4.69) is 5.32 Å². The lowest BCUT2D eigenvalue weighted by Gasteiger charge is -2.23. The molecule has 0 saturated carbocycles. The van der Waals surface area contributed by atoms with Crippen molar-refractivity contribution < 1.29 is 14.6 Å². The van der Waals surface area contributed by atoms with Crippen molar-refractivity contribution in [2.75, 3.05) is 6.54 Å². The van der Waals surface area contributed by atoms with E-state index in [1.165, 1.54) is 5.56 Å². The molecule has 1 aromatic carbocycles. The normalized spacial score (nSPS) is 26.4. The molecule has 1 amide bonds. The number of aliphatic hydroxyl groups excluding tert-OH is 1. The second-order valence-electron chi connectivity index (χ2n) is 5.66. The first-order valence-corrected chi connectivity index (χ1v) is 7.49. The van der Waals surface area contributed by atoms with Gasteiger partial charge in [0, 0.05) is 6.54 Å². The molecule has 1 saturated heterocycles. The largest absolute Gasteiger partial charge is 0.481 e. The molecular weight excluding hydrogens is 254 g/mol. The van der Waals surface area contributed by atoms with Crippen LogP contribution in [0.3, 0.4) is 0 Å². The Hall–Kier alpha value is -1.55. The van der Waals surface area contributed by atoms with Crippen LogP contribution in [-0.2, 0) is 11.2 Å². The molecule has 1 fully saturated rings. The molecule has 1 aliphatic heterocycles. The van der Waals surface area contributed by atoms with E-state index in [0.717, 1.165) is 50.6 Å². The van der Waals surface area contributed by atoms with Crippen LogP contribution >= 0.6 is 0 Å². The highest BCUT2D eigenvalue weighted by atomic mass is 16.5. The Morgan fingerprint density at radius 1 is 1.20 bits per heavy atom. The third kappa shape index (κ3) is 2.80. The molecule has 1 heterocycles. The SMILES string of the molecule is O=C1NCCCCC1Oc1ccc2c(c1)[C@@H](O)CCC2. The smallest absolute Gasteiger partial charge is 0.261 e. The summed E-state index contributed by atoms with van der Waals surface area (Å²) < 4.78 is 5.84. The molecule has 0 bridgehead atoms. The van der Waals surface area contributed by atoms with Gasteiger partial charge in [0.2, 0.25) is 0 Å². The van der Waals surface area contributed by atoms with Crippen LogP contribution in [0.5, 0.6) is 5.75 Å². The lowest BCUT2D eigenvalue weighted by Crippen LogP contribution is -2.36. The van der Waals surface area contributed by atoms with Crippen molar-refractivity contribution in [2.45, 2.75) is 50.7 Å². The van der Waals surface area contributed by atoms with Gasteiger partial charge in [-0.1, -0.05) is 6.07 Å². The monoisotopic (exact) mass is 275 g/mol. The minimum atomic E-state index is -0.406. The van der Waals surface area contributed by atoms with Gasteiger partial charge >= 0.3 is 0 Å². The molecule has 0 spiro atoms. The second kappa shape index (κ2) is 5.83. The number of ether oxygens (including phenoxy) is 1. The molecule has 2 N–H and O–H groups in total. The number of hydrogen-bond acceptors (Lipinski definition) is 3. The first-order valence-electron chi connectivity index (χ1n) is 7.49. The Morgan fingerprint density at radius 2 is 2.10 bits per heavy atom. The summed E-state index contributed by atoms with van der Waals surface area (Å²) in [6, 6.07) is 5.83. The predicted molar refractivity (Wildman–Crippen MR) is 75.6 cm³/mol. The molecule has 0 radical (unpaired) electrons. The molecule has 4 heteroatoms. The van der Waals surface area contributed by atoms with E-state index in [-0.39, 0.29) is 5.91 Å². The fraction of sp³-hybridized carbons (Fsp3) is 0.562. The summed E-state index contributed by atoms with van der Waals surface area (Å²) in [5, 5.41) is 12.9. The van der Waals surface area contributed by atoms with Crippen LogP contribution in [0.1, 0.15) is 49.3 Å². The third-order valence-corrected chi connectivity index (χ3v) is 4.16. The minimum Gasteiger partial charge on any atom is -0.481 e. The zero-order valence-corrected chi connectivity index (χ0v) is 11.6. The van der Waals surface area contributed by atoms with Crippen molar-refractivity contribution in [3.8, 4) is 5.75 Å². The summed E-state index contributed by atoms with van der Waals surface area (Å²) in [5.41, 5.74) is 2.16. The summed E-state index contributed by atoms with van der Waals surface area (Å²) >= 11 is 0. The zero-order valence-electron chi connectivity index (χ0n) is 11.6. The maximum atomic E-state index is 11.9. The van der Waals surface area contributed by atoms with E-state index >= 15 is 0 Å². The summed E-state index contributed by atoms with van der Waals surface area (Å²) in [7, 11) is 0. The number of carbonyl (C=O) groups is 1. The second-order valence-corrected chi connectivity index (χ2v) is 5.66. The number of aliphatic hydroxyl groups is 1. The molecule has 2 aliphatic rings. The Morgan fingerprint density at radius 3 is 3.00 bits per heavy atom. The van der Waals surface area contributed by atoms with Gasteiger partial charge in [0.15, 0.2) is 6.10 Å². The lowest BCUT2D eigenvalue weighted by molar-refractivity contribution is -0.127. The Bertz CT molecular complexity index is 500. The van der Waals surface area contributed by atoms with Crippen LogP contribution in [0.4, 0.5) is 0 Å². The van der Waals surface area contributed by atoms with Crippen LogP contribution in [0.25, 0.3) is 0 Å². The average molecular weight is 275 g/mol. The van der Waals surface area contributed by atoms with Gasteiger partial charge in [0.05, 0.1) is 6.10 Å². The minimum absolute atomic E-state index is 0.0271. The van der Waals surface area contributed by atoms with Gasteiger partial charge in [-0.3, -0.25) is 4.79 Å². The van der Waals surface area contributed by atoms with Crippen LogP contribution in [0.2, 0.25) is 0 Å². The Balaban J connectivity index is 1.77. The van der Waals surface area contributed by atoms with Gasteiger partial charge in [-0.05, 0) is 61.8 Å². The van der Waals surface area contributed by atoms with Gasteiger partial charge in [0.1, 0.15) is 5.75 Å². The topological polar surface area (TPSA) is 58.6 Å². The first kappa shape index (κ1) is 13.4. The number of carbonyl (C=O) groups excluding carboxylic acids is 1. The van der Waals surface area contributed by atoms with Crippen molar-refractivity contribution in [1.82, 2.24) is 5.32 Å². The highest BCUT2D eigenvalue weighted by Crippen LogP contribution is 2.32. The summed E-state index contributed by atoms with van der Waals surface area (Å²) in [6.45, 7) is 0.738. The molecule has 2 atom stereocenters. The maximum absolute atomic E-state index is 11.9. The van der Waals surface area contributed by atoms with E-state index in [9.17, 15) is 9.90 Å². The number of amides is 1. The average Bonchev–Trinajstić information content (AvgIpc) is 2.65. The van der Waals surface area contributed by atoms with Gasteiger partial charge in [0.25, 0.3) is 5.91 Å². The van der Waals surface area contributed by atoms with Crippen LogP contribution in [0.15, 0.2) is 18.2 Å². The number of benzene rings is 1. The van der Waals surface area contributed by atoms with E-state index < -0.39 is 12.2 Å². The highest BCUT2D eigenvalue weighted by Gasteiger charge is 2.24. The molecule has 3 rings (SSSR count). The highest BCUT2D eigenvalue weighted by molar-refractivity contribution is 5.81. The molecule has 4 nitrogen and oxygen atoms in total. The van der Waals surface area contributed by atoms with E-state index in [1.54, 1.807) is 0 Å². The molecule has 108 valence electrons. The van der Waals surface area contributed by atoms with Crippen LogP contribution in [-0.4, -0.2) is 23.7 Å². The van der Waals surface area contributed by atoms with Gasteiger partial charge in [-0.25, -0.2) is 0 Å². The molecule has 1 aliphatic carbocycles. The van der Waals surface area contributed by atoms with Crippen molar-refractivity contribution in [3.63, 3.8) is 0 Å². The molecule has 0 aromatic heterocycles. The molecular formula is C16H21NO3. The van der Waals surface area contributed by atoms with Crippen molar-refractivity contribution in [3.05, 3.63) is 29.3 Å². The van der Waals surface area contributed by atoms with Crippen molar-refractivity contribution in [2.24, 2.45) is 0 Å². The maximum Gasteiger partial charge on any atom is 0.261 e. The van der Waals surface area contributed by atoms with Crippen molar-refractivity contribution >= 4 is 5.91 Å². The van der Waals surface area contributed by atoms with Gasteiger partial charge < -0.3 is 15.2 Å². The Kier molecular flexibility index (Phi) is 3.92. The number of rotatable bonds is 2. The van der Waals surface area contributed by atoms with E-state index in [1.807, 2.05) is 18.2 Å². The molecule has 1 unspecified atom stereocenters. The Labute approximate surface area is 119 Å². The number of aryl methyl sites for hydroxylation is 1. The zero-order chi connectivity index (χ0) is 13.9. The van der Waals surface area contributed by atoms with Gasteiger partial charge in [-0.15, -0.1) is 0 Å². The van der Waals surface area contributed by atoms with E-state index in [4.69, 9.17) is 4.74 Å².